The third kappa shape index (κ3) is 3.85. The molecule has 0 bridgehead atoms. The summed E-state index contributed by atoms with van der Waals surface area (Å²) in [5, 5.41) is 8.71. The summed E-state index contributed by atoms with van der Waals surface area (Å²) in [4.78, 5) is 4.73. The second kappa shape index (κ2) is 7.80. The molecule has 0 unspecified atom stereocenters. The predicted molar refractivity (Wildman–Crippen MR) is 114 cm³/mol. The molecule has 32 heavy (non-hydrogen) atoms. The van der Waals surface area contributed by atoms with E-state index in [0.717, 1.165) is 28.7 Å². The number of halogens is 4. The summed E-state index contributed by atoms with van der Waals surface area (Å²) < 4.78 is 46.1. The Morgan fingerprint density at radius 1 is 0.844 bits per heavy atom. The number of hydrogen-bond acceptors (Lipinski definition) is 4. The van der Waals surface area contributed by atoms with Gasteiger partial charge in [0.15, 0.2) is 0 Å². The van der Waals surface area contributed by atoms with Gasteiger partial charge < -0.3 is 8.98 Å². The number of fused-ring (bicyclic) bond motifs is 1. The highest BCUT2D eigenvalue weighted by Gasteiger charge is 2.30. The molecule has 0 N–H and O–H groups in total. The standard InChI is InChI=1S/C23H14ClF3N4O/c24-17-11-7-14(8-12-17)21-28-18-3-1-2-4-19(18)31(21)13-20-29-30-22(32-20)15-5-9-16(10-6-15)23(25,26)27/h1-12H,13H2. The van der Waals surface area contributed by atoms with Crippen molar-refractivity contribution in [3.63, 3.8) is 0 Å². The van der Waals surface area contributed by atoms with E-state index in [-0.39, 0.29) is 12.4 Å². The largest absolute Gasteiger partial charge is 0.419 e. The molecule has 3 aromatic carbocycles. The Kier molecular flexibility index (Phi) is 4.94. The van der Waals surface area contributed by atoms with Gasteiger partial charge in [-0.1, -0.05) is 23.7 Å². The molecule has 5 aromatic rings. The van der Waals surface area contributed by atoms with E-state index in [1.807, 2.05) is 41.0 Å². The van der Waals surface area contributed by atoms with Crippen LogP contribution in [-0.4, -0.2) is 19.7 Å². The first-order valence-corrected chi connectivity index (χ1v) is 9.97. The summed E-state index contributed by atoms with van der Waals surface area (Å²) in [6.07, 6.45) is -4.40. The molecular formula is C23H14ClF3N4O. The number of rotatable bonds is 4. The number of aromatic nitrogens is 4. The molecule has 0 amide bonds. The maximum absolute atomic E-state index is 12.8. The van der Waals surface area contributed by atoms with Gasteiger partial charge in [0.25, 0.3) is 0 Å². The van der Waals surface area contributed by atoms with Crippen LogP contribution in [0.15, 0.2) is 77.2 Å². The van der Waals surface area contributed by atoms with Crippen LogP contribution in [0.3, 0.4) is 0 Å². The zero-order valence-corrected chi connectivity index (χ0v) is 17.1. The Morgan fingerprint density at radius 3 is 2.25 bits per heavy atom. The summed E-state index contributed by atoms with van der Waals surface area (Å²) in [5.41, 5.74) is 2.23. The summed E-state index contributed by atoms with van der Waals surface area (Å²) >= 11 is 6.02. The molecule has 0 fully saturated rings. The molecular weight excluding hydrogens is 441 g/mol. The van der Waals surface area contributed by atoms with Crippen LogP contribution >= 0.6 is 11.6 Å². The topological polar surface area (TPSA) is 56.7 Å². The first-order chi connectivity index (χ1) is 15.4. The first-order valence-electron chi connectivity index (χ1n) is 9.60. The lowest BCUT2D eigenvalue weighted by atomic mass is 10.1. The Labute approximate surface area is 185 Å². The van der Waals surface area contributed by atoms with Gasteiger partial charge in [-0.05, 0) is 60.7 Å². The van der Waals surface area contributed by atoms with Crippen molar-refractivity contribution in [2.75, 3.05) is 0 Å². The molecule has 0 aliphatic carbocycles. The maximum Gasteiger partial charge on any atom is 0.416 e. The van der Waals surface area contributed by atoms with E-state index in [4.69, 9.17) is 21.0 Å². The summed E-state index contributed by atoms with van der Waals surface area (Å²) in [5.74, 6) is 1.15. The smallest absolute Gasteiger partial charge is 0.416 e. The molecule has 160 valence electrons. The van der Waals surface area contributed by atoms with Gasteiger partial charge in [0, 0.05) is 16.1 Å². The zero-order valence-electron chi connectivity index (χ0n) is 16.3. The number of imidazole rings is 1. The third-order valence-corrected chi connectivity index (χ3v) is 5.23. The van der Waals surface area contributed by atoms with Gasteiger partial charge >= 0.3 is 6.18 Å². The Balaban J connectivity index is 1.50. The number of nitrogens with zero attached hydrogens (tertiary/aromatic N) is 4. The fourth-order valence-corrected chi connectivity index (χ4v) is 3.55. The van der Waals surface area contributed by atoms with Gasteiger partial charge in [0.2, 0.25) is 11.8 Å². The van der Waals surface area contributed by atoms with Crippen LogP contribution in [0.5, 0.6) is 0 Å². The van der Waals surface area contributed by atoms with Crippen LogP contribution in [0.25, 0.3) is 33.9 Å². The van der Waals surface area contributed by atoms with E-state index >= 15 is 0 Å². The van der Waals surface area contributed by atoms with E-state index in [0.29, 0.717) is 22.3 Å². The minimum Gasteiger partial charge on any atom is -0.419 e. The monoisotopic (exact) mass is 454 g/mol. The highest BCUT2D eigenvalue weighted by molar-refractivity contribution is 6.30. The molecule has 0 saturated carbocycles. The lowest BCUT2D eigenvalue weighted by molar-refractivity contribution is -0.137. The van der Waals surface area contributed by atoms with Crippen molar-refractivity contribution >= 4 is 22.6 Å². The molecule has 0 aliphatic rings. The molecule has 0 radical (unpaired) electrons. The molecule has 2 aromatic heterocycles. The van der Waals surface area contributed by atoms with Gasteiger partial charge in [-0.3, -0.25) is 0 Å². The second-order valence-corrected chi connectivity index (χ2v) is 7.53. The third-order valence-electron chi connectivity index (χ3n) is 4.98. The highest BCUT2D eigenvalue weighted by atomic mass is 35.5. The molecule has 5 rings (SSSR count). The normalized spacial score (nSPS) is 11.9. The zero-order chi connectivity index (χ0) is 22.3. The van der Waals surface area contributed by atoms with E-state index in [2.05, 4.69) is 10.2 Å². The molecule has 2 heterocycles. The highest BCUT2D eigenvalue weighted by Crippen LogP contribution is 2.31. The van der Waals surface area contributed by atoms with Crippen LogP contribution < -0.4 is 0 Å². The van der Waals surface area contributed by atoms with Crippen molar-refractivity contribution in [1.29, 1.82) is 0 Å². The van der Waals surface area contributed by atoms with E-state index in [9.17, 15) is 13.2 Å². The van der Waals surface area contributed by atoms with E-state index in [1.54, 1.807) is 12.1 Å². The van der Waals surface area contributed by atoms with E-state index < -0.39 is 11.7 Å². The average Bonchev–Trinajstić information content (AvgIpc) is 3.39. The SMILES string of the molecule is FC(F)(F)c1ccc(-c2nnc(Cn3c(-c4ccc(Cl)cc4)nc4ccccc43)o2)cc1. The number of hydrogen-bond donors (Lipinski definition) is 0. The molecule has 9 heteroatoms. The number of alkyl halides is 3. The minimum atomic E-state index is -4.40. The summed E-state index contributed by atoms with van der Waals surface area (Å²) in [7, 11) is 0. The summed E-state index contributed by atoms with van der Waals surface area (Å²) in [6.45, 7) is 0.242. The second-order valence-electron chi connectivity index (χ2n) is 7.09. The molecule has 0 aliphatic heterocycles. The van der Waals surface area contributed by atoms with Crippen molar-refractivity contribution < 1.29 is 17.6 Å². The van der Waals surface area contributed by atoms with Gasteiger partial charge in [-0.25, -0.2) is 4.98 Å². The minimum absolute atomic E-state index is 0.145. The quantitative estimate of drug-likeness (QED) is 0.312. The predicted octanol–water partition coefficient (Wildman–Crippen LogP) is 6.47. The fourth-order valence-electron chi connectivity index (χ4n) is 3.43. The Hall–Kier alpha value is -3.65. The molecule has 0 atom stereocenters. The van der Waals surface area contributed by atoms with Crippen LogP contribution in [0, 0.1) is 0 Å². The van der Waals surface area contributed by atoms with Crippen molar-refractivity contribution in [3.8, 4) is 22.8 Å². The van der Waals surface area contributed by atoms with Crippen LogP contribution in [-0.2, 0) is 12.7 Å². The maximum atomic E-state index is 12.8. The van der Waals surface area contributed by atoms with Gasteiger partial charge in [-0.15, -0.1) is 10.2 Å². The van der Waals surface area contributed by atoms with Gasteiger partial charge in [-0.2, -0.15) is 13.2 Å². The van der Waals surface area contributed by atoms with Crippen LogP contribution in [0.2, 0.25) is 5.02 Å². The number of benzene rings is 3. The molecule has 0 spiro atoms. The van der Waals surface area contributed by atoms with Crippen molar-refractivity contribution in [1.82, 2.24) is 19.7 Å². The number of para-hydroxylation sites is 2. The Bertz CT molecular complexity index is 1390. The van der Waals surface area contributed by atoms with Crippen molar-refractivity contribution in [2.24, 2.45) is 0 Å². The van der Waals surface area contributed by atoms with Crippen molar-refractivity contribution in [3.05, 3.63) is 89.3 Å². The molecule has 0 saturated heterocycles. The lowest BCUT2D eigenvalue weighted by Gasteiger charge is -2.07. The van der Waals surface area contributed by atoms with Gasteiger partial charge in [0.05, 0.1) is 16.6 Å². The molecule has 5 nitrogen and oxygen atoms in total. The Morgan fingerprint density at radius 2 is 1.53 bits per heavy atom. The van der Waals surface area contributed by atoms with Gasteiger partial charge in [0.1, 0.15) is 12.4 Å². The van der Waals surface area contributed by atoms with Crippen molar-refractivity contribution in [2.45, 2.75) is 12.7 Å². The van der Waals surface area contributed by atoms with Crippen LogP contribution in [0.1, 0.15) is 11.5 Å². The van der Waals surface area contributed by atoms with Crippen LogP contribution in [0.4, 0.5) is 13.2 Å². The first kappa shape index (κ1) is 20.3. The fraction of sp³-hybridized carbons (Fsp3) is 0.0870. The van der Waals surface area contributed by atoms with E-state index in [1.165, 1.54) is 12.1 Å². The average molecular weight is 455 g/mol. The summed E-state index contributed by atoms with van der Waals surface area (Å²) in [6, 6.07) is 19.6. The lowest BCUT2D eigenvalue weighted by Crippen LogP contribution is -2.03.